The second-order valence-corrected chi connectivity index (χ2v) is 5.00. The van der Waals surface area contributed by atoms with E-state index in [0.29, 0.717) is 0 Å². The van der Waals surface area contributed by atoms with Gasteiger partial charge in [-0.2, -0.15) is 0 Å². The van der Waals surface area contributed by atoms with E-state index in [-0.39, 0.29) is 0 Å². The Bertz CT molecular complexity index is 523. The number of nitrogens with zero attached hydrogens (tertiary/aromatic N) is 1. The summed E-state index contributed by atoms with van der Waals surface area (Å²) in [7, 11) is 0. The molecular weight excluding hydrogens is 276 g/mol. The van der Waals surface area contributed by atoms with E-state index < -0.39 is 0 Å². The van der Waals surface area contributed by atoms with Crippen molar-refractivity contribution < 1.29 is 0 Å². The van der Waals surface area contributed by atoms with E-state index >= 15 is 0 Å². The van der Waals surface area contributed by atoms with Crippen LogP contribution >= 0.6 is 15.9 Å². The molecular formula is C14H15BrN2. The van der Waals surface area contributed by atoms with Crippen LogP contribution in [0, 0.1) is 13.8 Å². The van der Waals surface area contributed by atoms with Crippen LogP contribution in [-0.4, -0.2) is 4.98 Å². The summed E-state index contributed by atoms with van der Waals surface area (Å²) in [6.07, 6.45) is 0. The molecule has 0 unspecified atom stereocenters. The van der Waals surface area contributed by atoms with Gasteiger partial charge in [-0.1, -0.05) is 22.0 Å². The third-order valence-electron chi connectivity index (χ3n) is 2.59. The summed E-state index contributed by atoms with van der Waals surface area (Å²) in [6.45, 7) is 4.86. The molecule has 0 saturated carbocycles. The topological polar surface area (TPSA) is 24.9 Å². The number of pyridine rings is 1. The monoisotopic (exact) mass is 290 g/mol. The SMILES string of the molecule is Cc1cccc(CNc2ccc(Br)cc2C)n1. The van der Waals surface area contributed by atoms with E-state index in [1.165, 1.54) is 5.56 Å². The molecule has 1 N–H and O–H groups in total. The van der Waals surface area contributed by atoms with Crippen LogP contribution in [-0.2, 0) is 6.54 Å². The molecule has 0 amide bonds. The Morgan fingerprint density at radius 2 is 2.00 bits per heavy atom. The number of nitrogens with one attached hydrogen (secondary N) is 1. The molecule has 88 valence electrons. The van der Waals surface area contributed by atoms with Crippen LogP contribution in [0.1, 0.15) is 17.0 Å². The molecule has 0 aliphatic carbocycles. The highest BCUT2D eigenvalue weighted by molar-refractivity contribution is 9.10. The first-order chi connectivity index (χ1) is 8.15. The predicted molar refractivity (Wildman–Crippen MR) is 75.2 cm³/mol. The van der Waals surface area contributed by atoms with Crippen LogP contribution in [0.5, 0.6) is 0 Å². The van der Waals surface area contributed by atoms with Gasteiger partial charge in [-0.05, 0) is 49.7 Å². The standard InChI is InChI=1S/C14H15BrN2/c1-10-8-12(15)6-7-14(10)16-9-13-5-3-4-11(2)17-13/h3-8,16H,9H2,1-2H3. The molecule has 0 aliphatic rings. The molecule has 0 radical (unpaired) electrons. The number of aryl methyl sites for hydroxylation is 2. The molecule has 0 saturated heterocycles. The van der Waals surface area contributed by atoms with Crippen LogP contribution in [0.4, 0.5) is 5.69 Å². The van der Waals surface area contributed by atoms with Crippen molar-refractivity contribution in [3.63, 3.8) is 0 Å². The second kappa shape index (κ2) is 5.32. The Hall–Kier alpha value is -1.35. The second-order valence-electron chi connectivity index (χ2n) is 4.08. The molecule has 0 atom stereocenters. The first-order valence-electron chi connectivity index (χ1n) is 5.58. The Labute approximate surface area is 110 Å². The van der Waals surface area contributed by atoms with E-state index in [9.17, 15) is 0 Å². The van der Waals surface area contributed by atoms with E-state index in [1.54, 1.807) is 0 Å². The minimum atomic E-state index is 0.754. The number of halogens is 1. The van der Waals surface area contributed by atoms with Crippen molar-refractivity contribution in [2.45, 2.75) is 20.4 Å². The van der Waals surface area contributed by atoms with E-state index in [1.807, 2.05) is 31.2 Å². The Morgan fingerprint density at radius 3 is 2.71 bits per heavy atom. The van der Waals surface area contributed by atoms with Gasteiger partial charge in [0, 0.05) is 15.9 Å². The zero-order valence-electron chi connectivity index (χ0n) is 10.00. The molecule has 0 bridgehead atoms. The predicted octanol–water partition coefficient (Wildman–Crippen LogP) is 4.07. The van der Waals surface area contributed by atoms with Crippen LogP contribution in [0.15, 0.2) is 40.9 Å². The van der Waals surface area contributed by atoms with Crippen molar-refractivity contribution in [1.29, 1.82) is 0 Å². The van der Waals surface area contributed by atoms with E-state index in [2.05, 4.69) is 45.3 Å². The number of hydrogen-bond donors (Lipinski definition) is 1. The van der Waals surface area contributed by atoms with Gasteiger partial charge in [-0.3, -0.25) is 4.98 Å². The quantitative estimate of drug-likeness (QED) is 0.922. The largest absolute Gasteiger partial charge is 0.379 e. The lowest BCUT2D eigenvalue weighted by atomic mass is 10.2. The number of benzene rings is 1. The lowest BCUT2D eigenvalue weighted by Gasteiger charge is -2.09. The zero-order chi connectivity index (χ0) is 12.3. The van der Waals surface area contributed by atoms with Gasteiger partial charge in [0.05, 0.1) is 12.2 Å². The van der Waals surface area contributed by atoms with Gasteiger partial charge < -0.3 is 5.32 Å². The molecule has 0 spiro atoms. The highest BCUT2D eigenvalue weighted by atomic mass is 79.9. The van der Waals surface area contributed by atoms with Crippen molar-refractivity contribution in [2.75, 3.05) is 5.32 Å². The highest BCUT2D eigenvalue weighted by Gasteiger charge is 1.99. The molecule has 1 heterocycles. The van der Waals surface area contributed by atoms with Gasteiger partial charge >= 0.3 is 0 Å². The molecule has 0 aliphatic heterocycles. The van der Waals surface area contributed by atoms with Gasteiger partial charge in [0.25, 0.3) is 0 Å². The van der Waals surface area contributed by atoms with Crippen molar-refractivity contribution in [3.05, 3.63) is 57.8 Å². The molecule has 1 aromatic carbocycles. The first kappa shape index (κ1) is 12.1. The maximum Gasteiger partial charge on any atom is 0.0597 e. The zero-order valence-corrected chi connectivity index (χ0v) is 11.6. The Morgan fingerprint density at radius 1 is 1.18 bits per heavy atom. The van der Waals surface area contributed by atoms with E-state index in [0.717, 1.165) is 28.1 Å². The molecule has 2 nitrogen and oxygen atoms in total. The summed E-state index contributed by atoms with van der Waals surface area (Å²) in [4.78, 5) is 4.46. The third kappa shape index (κ3) is 3.30. The molecule has 3 heteroatoms. The third-order valence-corrected chi connectivity index (χ3v) is 3.09. The van der Waals surface area contributed by atoms with Gasteiger partial charge in [0.2, 0.25) is 0 Å². The summed E-state index contributed by atoms with van der Waals surface area (Å²) >= 11 is 3.46. The molecule has 17 heavy (non-hydrogen) atoms. The van der Waals surface area contributed by atoms with Crippen molar-refractivity contribution in [3.8, 4) is 0 Å². The van der Waals surface area contributed by atoms with Gasteiger partial charge in [-0.15, -0.1) is 0 Å². The minimum Gasteiger partial charge on any atom is -0.379 e. The Kier molecular flexibility index (Phi) is 3.79. The number of anilines is 1. The fourth-order valence-corrected chi connectivity index (χ4v) is 2.18. The summed E-state index contributed by atoms with van der Waals surface area (Å²) in [5.41, 5.74) is 4.49. The minimum absolute atomic E-state index is 0.754. The fraction of sp³-hybridized carbons (Fsp3) is 0.214. The van der Waals surface area contributed by atoms with Crippen LogP contribution in [0.25, 0.3) is 0 Å². The average Bonchev–Trinajstić information content (AvgIpc) is 2.28. The maximum atomic E-state index is 4.46. The number of rotatable bonds is 3. The lowest BCUT2D eigenvalue weighted by molar-refractivity contribution is 1.01. The molecule has 2 aromatic rings. The van der Waals surface area contributed by atoms with Crippen LogP contribution in [0.3, 0.4) is 0 Å². The van der Waals surface area contributed by atoms with Crippen molar-refractivity contribution in [1.82, 2.24) is 4.98 Å². The molecule has 2 rings (SSSR count). The van der Waals surface area contributed by atoms with Crippen molar-refractivity contribution in [2.24, 2.45) is 0 Å². The lowest BCUT2D eigenvalue weighted by Crippen LogP contribution is -2.03. The average molecular weight is 291 g/mol. The maximum absolute atomic E-state index is 4.46. The van der Waals surface area contributed by atoms with Crippen molar-refractivity contribution >= 4 is 21.6 Å². The molecule has 1 aromatic heterocycles. The van der Waals surface area contributed by atoms with Gasteiger partial charge in [0.1, 0.15) is 0 Å². The summed E-state index contributed by atoms with van der Waals surface area (Å²) < 4.78 is 1.11. The Balaban J connectivity index is 2.07. The van der Waals surface area contributed by atoms with Crippen LogP contribution < -0.4 is 5.32 Å². The summed E-state index contributed by atoms with van der Waals surface area (Å²) in [5.74, 6) is 0. The van der Waals surface area contributed by atoms with Gasteiger partial charge in [0.15, 0.2) is 0 Å². The van der Waals surface area contributed by atoms with E-state index in [4.69, 9.17) is 0 Å². The summed E-state index contributed by atoms with van der Waals surface area (Å²) in [5, 5.41) is 3.40. The summed E-state index contributed by atoms with van der Waals surface area (Å²) in [6, 6.07) is 12.3. The van der Waals surface area contributed by atoms with Gasteiger partial charge in [-0.25, -0.2) is 0 Å². The fourth-order valence-electron chi connectivity index (χ4n) is 1.71. The molecule has 0 fully saturated rings. The smallest absolute Gasteiger partial charge is 0.0597 e. The highest BCUT2D eigenvalue weighted by Crippen LogP contribution is 2.20. The number of hydrogen-bond acceptors (Lipinski definition) is 2. The number of aromatic nitrogens is 1. The normalized spacial score (nSPS) is 10.3. The van der Waals surface area contributed by atoms with Crippen LogP contribution in [0.2, 0.25) is 0 Å². The first-order valence-corrected chi connectivity index (χ1v) is 6.37.